The summed E-state index contributed by atoms with van der Waals surface area (Å²) >= 11 is 6.25. The number of aromatic nitrogens is 3. The van der Waals surface area contributed by atoms with Gasteiger partial charge in [0.15, 0.2) is 0 Å². The van der Waals surface area contributed by atoms with E-state index in [1.165, 1.54) is 0 Å². The van der Waals surface area contributed by atoms with Gasteiger partial charge in [0.1, 0.15) is 10.8 Å². The molecule has 0 saturated carbocycles. The summed E-state index contributed by atoms with van der Waals surface area (Å²) in [5.41, 5.74) is 7.82. The lowest BCUT2D eigenvalue weighted by molar-refractivity contribution is 0.405. The van der Waals surface area contributed by atoms with E-state index in [1.54, 1.807) is 17.1 Å². The summed E-state index contributed by atoms with van der Waals surface area (Å²) < 4.78 is 1.66. The third-order valence-electron chi connectivity index (χ3n) is 2.53. The van der Waals surface area contributed by atoms with Crippen molar-refractivity contribution >= 4 is 17.4 Å². The highest BCUT2D eigenvalue weighted by Crippen LogP contribution is 2.30. The first-order valence-corrected chi connectivity index (χ1v) is 6.19. The number of nitrogen functional groups attached to an aromatic ring is 1. The number of hydrogen-bond acceptors (Lipinski definition) is 3. The fourth-order valence-corrected chi connectivity index (χ4v) is 1.94. The summed E-state index contributed by atoms with van der Waals surface area (Å²) in [5.74, 6) is 0.474. The van der Waals surface area contributed by atoms with Crippen LogP contribution in [-0.2, 0) is 6.42 Å². The van der Waals surface area contributed by atoms with Gasteiger partial charge >= 0.3 is 0 Å². The van der Waals surface area contributed by atoms with Crippen LogP contribution < -0.4 is 5.73 Å². The number of pyridine rings is 1. The van der Waals surface area contributed by atoms with Gasteiger partial charge < -0.3 is 5.73 Å². The van der Waals surface area contributed by atoms with Crippen molar-refractivity contribution in [2.75, 3.05) is 5.73 Å². The first-order valence-electron chi connectivity index (χ1n) is 5.82. The molecular formula is C13H17ClN4. The number of rotatable bonds is 2. The van der Waals surface area contributed by atoms with Crippen molar-refractivity contribution in [1.82, 2.24) is 14.8 Å². The number of nitrogens with two attached hydrogens (primary N) is 1. The van der Waals surface area contributed by atoms with Gasteiger partial charge in [0.2, 0.25) is 0 Å². The molecule has 96 valence electrons. The highest BCUT2D eigenvalue weighted by Gasteiger charge is 2.20. The second kappa shape index (κ2) is 4.61. The van der Waals surface area contributed by atoms with Crippen molar-refractivity contribution in [2.24, 2.45) is 5.41 Å². The van der Waals surface area contributed by atoms with E-state index in [9.17, 15) is 0 Å². The summed E-state index contributed by atoms with van der Waals surface area (Å²) in [7, 11) is 0. The van der Waals surface area contributed by atoms with Gasteiger partial charge in [-0.15, -0.1) is 0 Å². The zero-order chi connectivity index (χ0) is 13.3. The molecule has 0 aliphatic rings. The Hall–Kier alpha value is -1.55. The highest BCUT2D eigenvalue weighted by atomic mass is 35.5. The quantitative estimate of drug-likeness (QED) is 0.907. The number of hydrogen-bond donors (Lipinski definition) is 1. The summed E-state index contributed by atoms with van der Waals surface area (Å²) in [5, 5.41) is 5.04. The van der Waals surface area contributed by atoms with Gasteiger partial charge in [-0.2, -0.15) is 5.10 Å². The van der Waals surface area contributed by atoms with E-state index in [0.717, 1.165) is 17.8 Å². The van der Waals surface area contributed by atoms with Crippen molar-refractivity contribution in [3.05, 3.63) is 35.2 Å². The van der Waals surface area contributed by atoms with Crippen LogP contribution in [0.25, 0.3) is 5.69 Å². The summed E-state index contributed by atoms with van der Waals surface area (Å²) in [6.45, 7) is 6.43. The Morgan fingerprint density at radius 2 is 1.89 bits per heavy atom. The maximum absolute atomic E-state index is 6.25. The minimum absolute atomic E-state index is 0.119. The molecule has 0 spiro atoms. The average Bonchev–Trinajstić information content (AvgIpc) is 2.57. The third kappa shape index (κ3) is 2.64. The van der Waals surface area contributed by atoms with E-state index in [-0.39, 0.29) is 5.41 Å². The van der Waals surface area contributed by atoms with Crippen LogP contribution in [0.4, 0.5) is 5.82 Å². The van der Waals surface area contributed by atoms with Gasteiger partial charge in [0, 0.05) is 12.4 Å². The Bertz CT molecular complexity index is 540. The molecular weight excluding hydrogens is 248 g/mol. The molecule has 0 aliphatic carbocycles. The van der Waals surface area contributed by atoms with E-state index in [2.05, 4.69) is 30.9 Å². The minimum Gasteiger partial charge on any atom is -0.382 e. The lowest BCUT2D eigenvalue weighted by Crippen LogP contribution is -2.10. The Balaban J connectivity index is 2.43. The molecule has 0 fully saturated rings. The topological polar surface area (TPSA) is 56.7 Å². The maximum Gasteiger partial charge on any atom is 0.146 e. The molecule has 0 atom stereocenters. The first kappa shape index (κ1) is 12.9. The zero-order valence-electron chi connectivity index (χ0n) is 10.8. The standard InChI is InChI=1S/C13H17ClN4/c1-13(2,3)8-10-11(14)12(15)18(17-10)9-4-6-16-7-5-9/h4-7H,8,15H2,1-3H3. The first-order chi connectivity index (χ1) is 8.38. The molecule has 2 rings (SSSR count). The van der Waals surface area contributed by atoms with Crippen molar-refractivity contribution < 1.29 is 0 Å². The molecule has 2 aromatic rings. The second-order valence-electron chi connectivity index (χ2n) is 5.50. The van der Waals surface area contributed by atoms with Gasteiger partial charge in [-0.05, 0) is 24.0 Å². The Kier molecular flexibility index (Phi) is 3.30. The van der Waals surface area contributed by atoms with E-state index >= 15 is 0 Å². The minimum atomic E-state index is 0.119. The normalized spacial score (nSPS) is 11.8. The fourth-order valence-electron chi connectivity index (χ4n) is 1.76. The van der Waals surface area contributed by atoms with Crippen LogP contribution in [0.15, 0.2) is 24.5 Å². The maximum atomic E-state index is 6.25. The predicted octanol–water partition coefficient (Wildman–Crippen LogP) is 3.09. The molecule has 4 nitrogen and oxygen atoms in total. The van der Waals surface area contributed by atoms with Crippen molar-refractivity contribution in [1.29, 1.82) is 0 Å². The number of anilines is 1. The molecule has 2 N–H and O–H groups in total. The number of nitrogens with zero attached hydrogens (tertiary/aromatic N) is 3. The Morgan fingerprint density at radius 3 is 2.44 bits per heavy atom. The van der Waals surface area contributed by atoms with Gasteiger partial charge in [-0.1, -0.05) is 32.4 Å². The lowest BCUT2D eigenvalue weighted by atomic mass is 9.91. The summed E-state index contributed by atoms with van der Waals surface area (Å²) in [4.78, 5) is 3.97. The van der Waals surface area contributed by atoms with E-state index < -0.39 is 0 Å². The van der Waals surface area contributed by atoms with E-state index in [4.69, 9.17) is 17.3 Å². The van der Waals surface area contributed by atoms with Crippen molar-refractivity contribution in [3.63, 3.8) is 0 Å². The van der Waals surface area contributed by atoms with Crippen LogP contribution in [0.1, 0.15) is 26.5 Å². The monoisotopic (exact) mass is 264 g/mol. The van der Waals surface area contributed by atoms with Gasteiger partial charge in [-0.25, -0.2) is 4.68 Å². The van der Waals surface area contributed by atoms with Crippen LogP contribution in [0.2, 0.25) is 5.02 Å². The molecule has 0 saturated heterocycles. The van der Waals surface area contributed by atoms with Gasteiger partial charge in [-0.3, -0.25) is 4.98 Å². The van der Waals surface area contributed by atoms with Crippen LogP contribution >= 0.6 is 11.6 Å². The van der Waals surface area contributed by atoms with Crippen LogP contribution in [0, 0.1) is 5.41 Å². The number of halogens is 1. The Morgan fingerprint density at radius 1 is 1.28 bits per heavy atom. The van der Waals surface area contributed by atoms with Crippen LogP contribution in [0.3, 0.4) is 0 Å². The van der Waals surface area contributed by atoms with Crippen molar-refractivity contribution in [2.45, 2.75) is 27.2 Å². The lowest BCUT2D eigenvalue weighted by Gasteiger charge is -2.16. The second-order valence-corrected chi connectivity index (χ2v) is 5.88. The van der Waals surface area contributed by atoms with E-state index in [0.29, 0.717) is 10.8 Å². The molecule has 0 bridgehead atoms. The van der Waals surface area contributed by atoms with Gasteiger partial charge in [0.05, 0.1) is 11.4 Å². The Labute approximate surface area is 112 Å². The molecule has 2 aromatic heterocycles. The van der Waals surface area contributed by atoms with Crippen LogP contribution in [-0.4, -0.2) is 14.8 Å². The molecule has 18 heavy (non-hydrogen) atoms. The summed E-state index contributed by atoms with van der Waals surface area (Å²) in [6.07, 6.45) is 4.19. The molecule has 0 radical (unpaired) electrons. The third-order valence-corrected chi connectivity index (χ3v) is 2.94. The average molecular weight is 265 g/mol. The zero-order valence-corrected chi connectivity index (χ0v) is 11.6. The fraction of sp³-hybridized carbons (Fsp3) is 0.385. The van der Waals surface area contributed by atoms with E-state index in [1.807, 2.05) is 12.1 Å². The smallest absolute Gasteiger partial charge is 0.146 e. The molecule has 5 heteroatoms. The SMILES string of the molecule is CC(C)(C)Cc1nn(-c2ccncc2)c(N)c1Cl. The molecule has 0 unspecified atom stereocenters. The van der Waals surface area contributed by atoms with Crippen LogP contribution in [0.5, 0.6) is 0 Å². The van der Waals surface area contributed by atoms with Gasteiger partial charge in [0.25, 0.3) is 0 Å². The largest absolute Gasteiger partial charge is 0.382 e. The van der Waals surface area contributed by atoms with Crippen molar-refractivity contribution in [3.8, 4) is 5.69 Å². The molecule has 0 amide bonds. The molecule has 2 heterocycles. The highest BCUT2D eigenvalue weighted by molar-refractivity contribution is 6.33. The summed E-state index contributed by atoms with van der Waals surface area (Å²) in [6, 6.07) is 3.70. The predicted molar refractivity (Wildman–Crippen MR) is 73.9 cm³/mol. The molecule has 0 aromatic carbocycles. The molecule has 0 aliphatic heterocycles.